The van der Waals surface area contributed by atoms with Crippen LogP contribution in [0.4, 0.5) is 0 Å². The summed E-state index contributed by atoms with van der Waals surface area (Å²) in [6, 6.07) is 10.7. The van der Waals surface area contributed by atoms with Crippen molar-refractivity contribution < 1.29 is 19.4 Å². The van der Waals surface area contributed by atoms with Crippen LogP contribution in [0.2, 0.25) is 0 Å². The Hall–Kier alpha value is -3.28. The third-order valence-electron chi connectivity index (χ3n) is 3.70. The molecule has 1 aromatic heterocycles. The van der Waals surface area contributed by atoms with E-state index in [0.29, 0.717) is 16.6 Å². The highest BCUT2D eigenvalue weighted by Gasteiger charge is 2.18. The maximum Gasteiger partial charge on any atom is 0.339 e. The van der Waals surface area contributed by atoms with E-state index < -0.39 is 5.97 Å². The average molecular weight is 324 g/mol. The molecule has 0 fully saturated rings. The van der Waals surface area contributed by atoms with Crippen molar-refractivity contribution in [3.8, 4) is 11.5 Å². The minimum Gasteiger partial charge on any atom is -0.496 e. The van der Waals surface area contributed by atoms with Gasteiger partial charge in [-0.1, -0.05) is 18.2 Å². The standard InChI is InChI=1S/C18H16N2O4/c1-23-15-6-4-3-5-11(15)7-9-13-16-14(20-19-13)10-8-12(18(21)22)17(16)24-2/h3-10H,1-2H3,(H,19,20)(H,21,22). The lowest BCUT2D eigenvalue weighted by Gasteiger charge is -2.06. The number of H-pyrrole nitrogens is 1. The Labute approximate surface area is 138 Å². The van der Waals surface area contributed by atoms with E-state index >= 15 is 0 Å². The largest absolute Gasteiger partial charge is 0.496 e. The zero-order valence-electron chi connectivity index (χ0n) is 13.2. The number of methoxy groups -OCH3 is 2. The van der Waals surface area contributed by atoms with Gasteiger partial charge in [-0.25, -0.2) is 4.79 Å². The maximum atomic E-state index is 11.4. The van der Waals surface area contributed by atoms with Crippen LogP contribution in [-0.2, 0) is 0 Å². The third kappa shape index (κ3) is 2.69. The number of carboxylic acid groups (broad SMARTS) is 1. The maximum absolute atomic E-state index is 11.4. The Balaban J connectivity index is 2.12. The number of nitrogens with zero attached hydrogens (tertiary/aromatic N) is 1. The highest BCUT2D eigenvalue weighted by Crippen LogP contribution is 2.32. The molecule has 3 aromatic rings. The van der Waals surface area contributed by atoms with E-state index in [0.717, 1.165) is 11.3 Å². The van der Waals surface area contributed by atoms with Crippen molar-refractivity contribution in [1.82, 2.24) is 10.2 Å². The Morgan fingerprint density at radius 2 is 1.92 bits per heavy atom. The zero-order valence-corrected chi connectivity index (χ0v) is 13.2. The van der Waals surface area contributed by atoms with E-state index in [2.05, 4.69) is 10.2 Å². The molecule has 2 N–H and O–H groups in total. The SMILES string of the molecule is COc1ccccc1C=Cc1[nH]nc2ccc(C(=O)O)c(OC)c12. The summed E-state index contributed by atoms with van der Waals surface area (Å²) in [6.45, 7) is 0. The fraction of sp³-hybridized carbons (Fsp3) is 0.111. The molecule has 0 bridgehead atoms. The van der Waals surface area contributed by atoms with Crippen LogP contribution in [-0.4, -0.2) is 35.5 Å². The smallest absolute Gasteiger partial charge is 0.339 e. The van der Waals surface area contributed by atoms with Crippen molar-refractivity contribution in [3.05, 3.63) is 53.2 Å². The van der Waals surface area contributed by atoms with Gasteiger partial charge in [-0.3, -0.25) is 5.10 Å². The summed E-state index contributed by atoms with van der Waals surface area (Å²) in [4.78, 5) is 11.4. The first-order chi connectivity index (χ1) is 11.7. The molecule has 0 unspecified atom stereocenters. The molecule has 0 saturated carbocycles. The molecule has 122 valence electrons. The van der Waals surface area contributed by atoms with Gasteiger partial charge in [-0.2, -0.15) is 5.10 Å². The molecule has 0 aliphatic heterocycles. The topological polar surface area (TPSA) is 84.4 Å². The van der Waals surface area contributed by atoms with Crippen LogP contribution >= 0.6 is 0 Å². The van der Waals surface area contributed by atoms with Gasteiger partial charge < -0.3 is 14.6 Å². The number of carboxylic acids is 1. The molecule has 0 aliphatic carbocycles. The predicted molar refractivity (Wildman–Crippen MR) is 91.5 cm³/mol. The van der Waals surface area contributed by atoms with Gasteiger partial charge in [0.25, 0.3) is 0 Å². The molecular formula is C18H16N2O4. The first-order valence-corrected chi connectivity index (χ1v) is 7.25. The minimum absolute atomic E-state index is 0.0957. The summed E-state index contributed by atoms with van der Waals surface area (Å²) in [7, 11) is 3.06. The number of nitrogens with one attached hydrogen (secondary N) is 1. The molecule has 0 saturated heterocycles. The number of hydrogen-bond acceptors (Lipinski definition) is 4. The van der Waals surface area contributed by atoms with Gasteiger partial charge in [0.2, 0.25) is 0 Å². The number of hydrogen-bond donors (Lipinski definition) is 2. The number of aromatic carboxylic acids is 1. The van der Waals surface area contributed by atoms with Gasteiger partial charge >= 0.3 is 5.97 Å². The molecule has 0 spiro atoms. The summed E-state index contributed by atoms with van der Waals surface area (Å²) in [6.07, 6.45) is 3.69. The second-order valence-electron chi connectivity index (χ2n) is 5.06. The molecule has 2 aromatic carbocycles. The van der Waals surface area contributed by atoms with E-state index in [1.807, 2.05) is 36.4 Å². The van der Waals surface area contributed by atoms with Gasteiger partial charge in [0.15, 0.2) is 0 Å². The molecule has 6 nitrogen and oxygen atoms in total. The van der Waals surface area contributed by atoms with Crippen molar-refractivity contribution in [2.45, 2.75) is 0 Å². The van der Waals surface area contributed by atoms with Crippen LogP contribution in [0.1, 0.15) is 21.6 Å². The van der Waals surface area contributed by atoms with Gasteiger partial charge in [-0.05, 0) is 30.4 Å². The van der Waals surface area contributed by atoms with Crippen molar-refractivity contribution in [1.29, 1.82) is 0 Å². The highest BCUT2D eigenvalue weighted by molar-refractivity contribution is 6.02. The number of benzene rings is 2. The number of carbonyl (C=O) groups is 1. The van der Waals surface area contributed by atoms with Crippen molar-refractivity contribution in [2.24, 2.45) is 0 Å². The lowest BCUT2D eigenvalue weighted by Crippen LogP contribution is -2.00. The number of aromatic nitrogens is 2. The number of ether oxygens (including phenoxy) is 2. The van der Waals surface area contributed by atoms with E-state index in [4.69, 9.17) is 9.47 Å². The number of para-hydroxylation sites is 1. The molecule has 3 rings (SSSR count). The minimum atomic E-state index is -1.05. The van der Waals surface area contributed by atoms with Crippen LogP contribution in [0.5, 0.6) is 11.5 Å². The van der Waals surface area contributed by atoms with Gasteiger partial charge in [-0.15, -0.1) is 0 Å². The molecular weight excluding hydrogens is 308 g/mol. The molecule has 6 heteroatoms. The van der Waals surface area contributed by atoms with Crippen LogP contribution < -0.4 is 9.47 Å². The van der Waals surface area contributed by atoms with Crippen LogP contribution in [0.15, 0.2) is 36.4 Å². The zero-order chi connectivity index (χ0) is 17.1. The fourth-order valence-electron chi connectivity index (χ4n) is 2.58. The van der Waals surface area contributed by atoms with E-state index in [9.17, 15) is 9.90 Å². The van der Waals surface area contributed by atoms with E-state index in [1.165, 1.54) is 13.2 Å². The number of rotatable bonds is 5. The van der Waals surface area contributed by atoms with Gasteiger partial charge in [0.1, 0.15) is 17.1 Å². The molecule has 0 atom stereocenters. The quantitative estimate of drug-likeness (QED) is 0.751. The summed E-state index contributed by atoms with van der Waals surface area (Å²) >= 11 is 0. The first kappa shape index (κ1) is 15.6. The Bertz CT molecular complexity index is 928. The molecule has 1 heterocycles. The number of aromatic amines is 1. The van der Waals surface area contributed by atoms with Crippen LogP contribution in [0.3, 0.4) is 0 Å². The molecule has 0 aliphatic rings. The first-order valence-electron chi connectivity index (χ1n) is 7.25. The van der Waals surface area contributed by atoms with Crippen molar-refractivity contribution >= 4 is 29.0 Å². The number of fused-ring (bicyclic) bond motifs is 1. The fourth-order valence-corrected chi connectivity index (χ4v) is 2.58. The van der Waals surface area contributed by atoms with Crippen molar-refractivity contribution in [3.63, 3.8) is 0 Å². The normalized spacial score (nSPS) is 11.1. The summed E-state index contributed by atoms with van der Waals surface area (Å²) in [5.74, 6) is -0.0150. The molecule has 0 radical (unpaired) electrons. The Morgan fingerprint density at radius 1 is 1.12 bits per heavy atom. The van der Waals surface area contributed by atoms with Crippen LogP contribution in [0, 0.1) is 0 Å². The van der Waals surface area contributed by atoms with E-state index in [1.54, 1.807) is 13.2 Å². The molecule has 0 amide bonds. The van der Waals surface area contributed by atoms with Gasteiger partial charge in [0, 0.05) is 5.56 Å². The second-order valence-corrected chi connectivity index (χ2v) is 5.06. The third-order valence-corrected chi connectivity index (χ3v) is 3.70. The highest BCUT2D eigenvalue weighted by atomic mass is 16.5. The predicted octanol–water partition coefficient (Wildman–Crippen LogP) is 3.45. The Morgan fingerprint density at radius 3 is 2.62 bits per heavy atom. The van der Waals surface area contributed by atoms with Crippen molar-refractivity contribution in [2.75, 3.05) is 14.2 Å². The average Bonchev–Trinajstić information content (AvgIpc) is 3.02. The monoisotopic (exact) mass is 324 g/mol. The lowest BCUT2D eigenvalue weighted by molar-refractivity contribution is 0.0693. The lowest BCUT2D eigenvalue weighted by atomic mass is 10.1. The van der Waals surface area contributed by atoms with E-state index in [-0.39, 0.29) is 11.3 Å². The molecule has 24 heavy (non-hydrogen) atoms. The summed E-state index contributed by atoms with van der Waals surface area (Å²) in [5.41, 5.74) is 2.29. The summed E-state index contributed by atoms with van der Waals surface area (Å²) in [5, 5.41) is 17.1. The van der Waals surface area contributed by atoms with Crippen LogP contribution in [0.25, 0.3) is 23.1 Å². The second kappa shape index (κ2) is 6.45. The van der Waals surface area contributed by atoms with Gasteiger partial charge in [0.05, 0.1) is 30.8 Å². The Kier molecular flexibility index (Phi) is 4.20. The summed E-state index contributed by atoms with van der Waals surface area (Å²) < 4.78 is 10.6.